The highest BCUT2D eigenvalue weighted by atomic mass is 19.2. The molecule has 0 atom stereocenters. The molecule has 0 unspecified atom stereocenters. The van der Waals surface area contributed by atoms with Gasteiger partial charge in [-0.25, -0.2) is 23.1 Å². The minimum atomic E-state index is -1.65. The van der Waals surface area contributed by atoms with E-state index in [1.54, 1.807) is 0 Å². The number of carbonyl (C=O) groups excluding carboxylic acids is 1. The summed E-state index contributed by atoms with van der Waals surface area (Å²) in [5.41, 5.74) is -0.396. The molecule has 0 aliphatic carbocycles. The fraction of sp³-hybridized carbons (Fsp3) is 0.267. The summed E-state index contributed by atoms with van der Waals surface area (Å²) in [6.45, 7) is 2.43. The van der Waals surface area contributed by atoms with Crippen molar-refractivity contribution >= 4 is 17.5 Å². The van der Waals surface area contributed by atoms with Crippen LogP contribution in [0.25, 0.3) is 0 Å². The lowest BCUT2D eigenvalue weighted by Gasteiger charge is -2.26. The van der Waals surface area contributed by atoms with E-state index in [0.29, 0.717) is 32.3 Å². The highest BCUT2D eigenvalue weighted by molar-refractivity contribution is 6.03. The summed E-state index contributed by atoms with van der Waals surface area (Å²) in [5, 5.41) is 2.16. The fourth-order valence-corrected chi connectivity index (χ4v) is 2.18. The predicted octanol–water partition coefficient (Wildman–Crippen LogP) is 1.98. The van der Waals surface area contributed by atoms with Crippen LogP contribution in [0.3, 0.4) is 0 Å². The van der Waals surface area contributed by atoms with Gasteiger partial charge >= 0.3 is 0 Å². The summed E-state index contributed by atoms with van der Waals surface area (Å²) in [4.78, 5) is 22.1. The quantitative estimate of drug-likeness (QED) is 0.867. The van der Waals surface area contributed by atoms with Gasteiger partial charge in [0, 0.05) is 25.5 Å². The fourth-order valence-electron chi connectivity index (χ4n) is 2.18. The van der Waals surface area contributed by atoms with Gasteiger partial charge in [-0.1, -0.05) is 0 Å². The second kappa shape index (κ2) is 6.83. The van der Waals surface area contributed by atoms with Crippen molar-refractivity contribution in [2.45, 2.75) is 0 Å². The van der Waals surface area contributed by atoms with Crippen LogP contribution in [0.15, 0.2) is 24.5 Å². The van der Waals surface area contributed by atoms with Gasteiger partial charge in [-0.15, -0.1) is 0 Å². The Bertz CT molecular complexity index is 749. The standard InChI is InChI=1S/C15H13F3N4O2/c16-10-1-2-11(13(18)12(10)17)21-14(23)9-7-19-15(20-8-9)22-3-5-24-6-4-22/h1-2,7-8H,3-6H2,(H,21,23). The molecule has 1 aliphatic heterocycles. The molecule has 2 heterocycles. The zero-order valence-electron chi connectivity index (χ0n) is 12.4. The molecule has 0 radical (unpaired) electrons. The molecule has 1 saturated heterocycles. The first-order valence-electron chi connectivity index (χ1n) is 7.16. The molecule has 0 saturated carbocycles. The molecule has 1 amide bonds. The molecule has 3 rings (SSSR count). The van der Waals surface area contributed by atoms with E-state index in [0.717, 1.165) is 12.1 Å². The number of anilines is 2. The Morgan fingerprint density at radius 1 is 1.08 bits per heavy atom. The smallest absolute Gasteiger partial charge is 0.258 e. The topological polar surface area (TPSA) is 67.4 Å². The van der Waals surface area contributed by atoms with E-state index in [4.69, 9.17) is 4.74 Å². The number of morpholine rings is 1. The van der Waals surface area contributed by atoms with Crippen LogP contribution in [-0.4, -0.2) is 42.2 Å². The van der Waals surface area contributed by atoms with E-state index < -0.39 is 29.0 Å². The number of rotatable bonds is 3. The van der Waals surface area contributed by atoms with E-state index in [9.17, 15) is 18.0 Å². The second-order valence-corrected chi connectivity index (χ2v) is 5.05. The summed E-state index contributed by atoms with van der Waals surface area (Å²) in [7, 11) is 0. The van der Waals surface area contributed by atoms with Crippen LogP contribution >= 0.6 is 0 Å². The molecular weight excluding hydrogens is 325 g/mol. The SMILES string of the molecule is O=C(Nc1ccc(F)c(F)c1F)c1cnc(N2CCOCC2)nc1. The van der Waals surface area contributed by atoms with Crippen LogP contribution in [0.2, 0.25) is 0 Å². The van der Waals surface area contributed by atoms with Crippen LogP contribution in [0.4, 0.5) is 24.8 Å². The number of nitrogens with one attached hydrogen (secondary N) is 1. The summed E-state index contributed by atoms with van der Waals surface area (Å²) in [6.07, 6.45) is 2.57. The first kappa shape index (κ1) is 16.2. The number of carbonyl (C=O) groups is 1. The molecule has 24 heavy (non-hydrogen) atoms. The molecule has 1 aromatic carbocycles. The van der Waals surface area contributed by atoms with E-state index in [1.165, 1.54) is 12.4 Å². The molecule has 6 nitrogen and oxygen atoms in total. The lowest BCUT2D eigenvalue weighted by molar-refractivity contribution is 0.102. The molecule has 1 aliphatic rings. The minimum absolute atomic E-state index is 0.0659. The lowest BCUT2D eigenvalue weighted by Crippen LogP contribution is -2.37. The van der Waals surface area contributed by atoms with Crippen LogP contribution in [-0.2, 0) is 4.74 Å². The molecule has 9 heteroatoms. The maximum absolute atomic E-state index is 13.6. The lowest BCUT2D eigenvalue weighted by atomic mass is 10.2. The number of nitrogens with zero attached hydrogens (tertiary/aromatic N) is 3. The molecule has 2 aromatic rings. The summed E-state index contributed by atoms with van der Waals surface area (Å²) >= 11 is 0. The predicted molar refractivity (Wildman–Crippen MR) is 79.3 cm³/mol. The van der Waals surface area contributed by atoms with Gasteiger partial charge in [0.25, 0.3) is 5.91 Å². The van der Waals surface area contributed by atoms with E-state index >= 15 is 0 Å². The zero-order valence-corrected chi connectivity index (χ0v) is 12.4. The Morgan fingerprint density at radius 3 is 2.42 bits per heavy atom. The monoisotopic (exact) mass is 338 g/mol. The second-order valence-electron chi connectivity index (χ2n) is 5.05. The van der Waals surface area contributed by atoms with Crippen molar-refractivity contribution in [2.24, 2.45) is 0 Å². The van der Waals surface area contributed by atoms with Crippen molar-refractivity contribution in [3.63, 3.8) is 0 Å². The first-order valence-corrected chi connectivity index (χ1v) is 7.16. The van der Waals surface area contributed by atoms with Crippen molar-refractivity contribution < 1.29 is 22.7 Å². The molecule has 126 valence electrons. The van der Waals surface area contributed by atoms with Gasteiger partial charge in [-0.05, 0) is 12.1 Å². The maximum Gasteiger partial charge on any atom is 0.258 e. The van der Waals surface area contributed by atoms with E-state index in [2.05, 4.69) is 15.3 Å². The van der Waals surface area contributed by atoms with Crippen LogP contribution < -0.4 is 10.2 Å². The van der Waals surface area contributed by atoms with Crippen LogP contribution in [0.1, 0.15) is 10.4 Å². The van der Waals surface area contributed by atoms with Gasteiger partial charge in [0.1, 0.15) is 0 Å². The average molecular weight is 338 g/mol. The van der Waals surface area contributed by atoms with Crippen molar-refractivity contribution in [2.75, 3.05) is 36.5 Å². The van der Waals surface area contributed by atoms with Crippen molar-refractivity contribution in [3.05, 3.63) is 47.5 Å². The Morgan fingerprint density at radius 2 is 1.75 bits per heavy atom. The third-order valence-electron chi connectivity index (χ3n) is 3.48. The van der Waals surface area contributed by atoms with Gasteiger partial charge in [0.15, 0.2) is 17.5 Å². The van der Waals surface area contributed by atoms with E-state index in [-0.39, 0.29) is 5.56 Å². The third kappa shape index (κ3) is 3.30. The number of hydrogen-bond acceptors (Lipinski definition) is 5. The summed E-state index contributed by atoms with van der Waals surface area (Å²) in [6, 6.07) is 1.67. The summed E-state index contributed by atoms with van der Waals surface area (Å²) < 4.78 is 44.8. The minimum Gasteiger partial charge on any atom is -0.378 e. The van der Waals surface area contributed by atoms with Crippen molar-refractivity contribution in [1.82, 2.24) is 9.97 Å². The highest BCUT2D eigenvalue weighted by Crippen LogP contribution is 2.20. The normalized spacial score (nSPS) is 14.5. The number of halogens is 3. The zero-order chi connectivity index (χ0) is 17.1. The van der Waals surface area contributed by atoms with Crippen molar-refractivity contribution in [3.8, 4) is 0 Å². The third-order valence-corrected chi connectivity index (χ3v) is 3.48. The molecule has 0 bridgehead atoms. The Hall–Kier alpha value is -2.68. The van der Waals surface area contributed by atoms with Gasteiger partial charge in [0.05, 0.1) is 24.5 Å². The Kier molecular flexibility index (Phi) is 4.61. The number of aromatic nitrogens is 2. The Balaban J connectivity index is 1.72. The molecule has 1 fully saturated rings. The number of ether oxygens (including phenoxy) is 1. The van der Waals surface area contributed by atoms with Crippen molar-refractivity contribution in [1.29, 1.82) is 0 Å². The first-order chi connectivity index (χ1) is 11.6. The number of benzene rings is 1. The van der Waals surface area contributed by atoms with Gasteiger partial charge < -0.3 is 15.0 Å². The molecule has 1 aromatic heterocycles. The van der Waals surface area contributed by atoms with E-state index in [1.807, 2.05) is 4.90 Å². The number of amides is 1. The number of hydrogen-bond donors (Lipinski definition) is 1. The highest BCUT2D eigenvalue weighted by Gasteiger charge is 2.18. The van der Waals surface area contributed by atoms with Crippen LogP contribution in [0.5, 0.6) is 0 Å². The van der Waals surface area contributed by atoms with Crippen LogP contribution in [0, 0.1) is 17.5 Å². The Labute approximate surface area is 135 Å². The molecule has 1 N–H and O–H groups in total. The maximum atomic E-state index is 13.6. The molecular formula is C15H13F3N4O2. The summed E-state index contributed by atoms with van der Waals surface area (Å²) in [5.74, 6) is -4.72. The van der Waals surface area contributed by atoms with Gasteiger partial charge in [0.2, 0.25) is 5.95 Å². The average Bonchev–Trinajstić information content (AvgIpc) is 2.63. The van der Waals surface area contributed by atoms with Gasteiger partial charge in [-0.3, -0.25) is 4.79 Å². The van der Waals surface area contributed by atoms with Gasteiger partial charge in [-0.2, -0.15) is 0 Å². The largest absolute Gasteiger partial charge is 0.378 e. The molecule has 0 spiro atoms.